The van der Waals surface area contributed by atoms with Crippen LogP contribution in [0.25, 0.3) is 11.2 Å². The van der Waals surface area contributed by atoms with E-state index in [0.29, 0.717) is 0 Å². The number of hydrogen-bond donors (Lipinski definition) is 0. The normalized spacial score (nSPS) is 9.54. The van der Waals surface area contributed by atoms with E-state index >= 15 is 0 Å². The Balaban J connectivity index is 0.000000396. The first-order chi connectivity index (χ1) is 6.27. The minimum Gasteiger partial charge on any atom is -0.232 e. The number of fused-ring (bicyclic) bond motifs is 1. The topological polar surface area (TPSA) is 43.6 Å². The fourth-order valence-corrected chi connectivity index (χ4v) is 1.01. The van der Waals surface area contributed by atoms with Crippen LogP contribution in [-0.4, -0.2) is 20.0 Å². The summed E-state index contributed by atoms with van der Waals surface area (Å²) in [4.78, 5) is 4.27. The third-order valence-electron chi connectivity index (χ3n) is 1.59. The van der Waals surface area contributed by atoms with E-state index < -0.39 is 0 Å². The van der Waals surface area contributed by atoms with Crippen molar-refractivity contribution < 1.29 is 0 Å². The van der Waals surface area contributed by atoms with Crippen LogP contribution in [0.3, 0.4) is 0 Å². The molecule has 0 aliphatic heterocycles. The molecular formula is C9H14N4. The van der Waals surface area contributed by atoms with Gasteiger partial charge in [-0.25, -0.2) is 9.67 Å². The Kier molecular flexibility index (Phi) is 2.95. The van der Waals surface area contributed by atoms with E-state index in [0.717, 1.165) is 16.9 Å². The van der Waals surface area contributed by atoms with E-state index in [1.807, 2.05) is 40.0 Å². The van der Waals surface area contributed by atoms with Crippen molar-refractivity contribution in [3.63, 3.8) is 0 Å². The van der Waals surface area contributed by atoms with Gasteiger partial charge in [0.25, 0.3) is 0 Å². The van der Waals surface area contributed by atoms with Crippen molar-refractivity contribution >= 4 is 11.2 Å². The molecule has 0 spiro atoms. The fraction of sp³-hybridized carbons (Fsp3) is 0.444. The van der Waals surface area contributed by atoms with Crippen LogP contribution >= 0.6 is 0 Å². The monoisotopic (exact) mass is 178 g/mol. The highest BCUT2D eigenvalue weighted by Gasteiger charge is 2.00. The smallest absolute Gasteiger partial charge is 0.178 e. The quantitative estimate of drug-likeness (QED) is 0.616. The molecule has 4 nitrogen and oxygen atoms in total. The van der Waals surface area contributed by atoms with Crippen LogP contribution in [0.4, 0.5) is 0 Å². The molecule has 2 rings (SSSR count). The minimum atomic E-state index is 0.838. The largest absolute Gasteiger partial charge is 0.232 e. The molecule has 0 aliphatic rings. The lowest BCUT2D eigenvalue weighted by atomic mass is 10.3. The zero-order chi connectivity index (χ0) is 9.84. The summed E-state index contributed by atoms with van der Waals surface area (Å²) in [7, 11) is 1.84. The standard InChI is InChI=1S/C7H8N4.C2H6/c1-5-3-4-6-7(8-5)11(2)10-9-6;1-2/h3-4H,1-2H3;1-2H3. The van der Waals surface area contributed by atoms with E-state index in [4.69, 9.17) is 0 Å². The summed E-state index contributed by atoms with van der Waals surface area (Å²) < 4.78 is 1.67. The van der Waals surface area contributed by atoms with Crippen LogP contribution in [0.15, 0.2) is 12.1 Å². The van der Waals surface area contributed by atoms with Gasteiger partial charge in [-0.2, -0.15) is 0 Å². The summed E-state index contributed by atoms with van der Waals surface area (Å²) in [6, 6.07) is 3.85. The molecule has 0 N–H and O–H groups in total. The van der Waals surface area contributed by atoms with E-state index in [1.165, 1.54) is 0 Å². The number of rotatable bonds is 0. The van der Waals surface area contributed by atoms with Gasteiger partial charge in [0.15, 0.2) is 5.65 Å². The first-order valence-corrected chi connectivity index (χ1v) is 4.40. The first kappa shape index (κ1) is 9.64. The molecule has 13 heavy (non-hydrogen) atoms. The van der Waals surface area contributed by atoms with Crippen LogP contribution in [0.1, 0.15) is 19.5 Å². The molecule has 2 aromatic heterocycles. The van der Waals surface area contributed by atoms with Gasteiger partial charge in [-0.15, -0.1) is 5.10 Å². The average Bonchev–Trinajstić information content (AvgIpc) is 2.52. The highest BCUT2D eigenvalue weighted by atomic mass is 15.4. The number of hydrogen-bond acceptors (Lipinski definition) is 3. The molecule has 0 atom stereocenters. The Bertz CT molecular complexity index is 391. The van der Waals surface area contributed by atoms with Crippen molar-refractivity contribution in [3.05, 3.63) is 17.8 Å². The van der Waals surface area contributed by atoms with Crippen molar-refractivity contribution in [2.24, 2.45) is 7.05 Å². The van der Waals surface area contributed by atoms with Gasteiger partial charge < -0.3 is 0 Å². The summed E-state index contributed by atoms with van der Waals surface area (Å²) in [5.41, 5.74) is 2.67. The van der Waals surface area contributed by atoms with Crippen LogP contribution in [0, 0.1) is 6.92 Å². The summed E-state index contributed by atoms with van der Waals surface area (Å²) in [6.07, 6.45) is 0. The average molecular weight is 178 g/mol. The van der Waals surface area contributed by atoms with Crippen molar-refractivity contribution in [2.45, 2.75) is 20.8 Å². The van der Waals surface area contributed by atoms with Gasteiger partial charge in [0.2, 0.25) is 0 Å². The molecule has 0 fully saturated rings. The van der Waals surface area contributed by atoms with Crippen molar-refractivity contribution in [2.75, 3.05) is 0 Å². The van der Waals surface area contributed by atoms with Crippen LogP contribution < -0.4 is 0 Å². The Morgan fingerprint density at radius 3 is 2.62 bits per heavy atom. The first-order valence-electron chi connectivity index (χ1n) is 4.40. The molecule has 2 heterocycles. The van der Waals surface area contributed by atoms with E-state index in [2.05, 4.69) is 15.3 Å². The van der Waals surface area contributed by atoms with Crippen molar-refractivity contribution in [3.8, 4) is 0 Å². The van der Waals surface area contributed by atoms with E-state index in [1.54, 1.807) is 4.68 Å². The number of aromatic nitrogens is 4. The Labute approximate surface area is 77.6 Å². The molecule has 4 heteroatoms. The summed E-state index contributed by atoms with van der Waals surface area (Å²) in [6.45, 7) is 5.95. The van der Waals surface area contributed by atoms with Crippen molar-refractivity contribution in [1.82, 2.24) is 20.0 Å². The molecule has 0 unspecified atom stereocenters. The predicted molar refractivity (Wildman–Crippen MR) is 52.4 cm³/mol. The Morgan fingerprint density at radius 2 is 1.92 bits per heavy atom. The summed E-state index contributed by atoms with van der Waals surface area (Å²) >= 11 is 0. The van der Waals surface area contributed by atoms with Gasteiger partial charge in [-0.3, -0.25) is 0 Å². The second-order valence-electron chi connectivity index (χ2n) is 2.51. The molecule has 0 saturated carbocycles. The maximum absolute atomic E-state index is 4.27. The van der Waals surface area contributed by atoms with E-state index in [9.17, 15) is 0 Å². The third kappa shape index (κ3) is 1.83. The van der Waals surface area contributed by atoms with Gasteiger partial charge in [-0.1, -0.05) is 19.1 Å². The molecule has 0 saturated heterocycles. The SMILES string of the molecule is CC.Cc1ccc2nnn(C)c2n1. The zero-order valence-corrected chi connectivity index (χ0v) is 8.44. The molecular weight excluding hydrogens is 164 g/mol. The third-order valence-corrected chi connectivity index (χ3v) is 1.59. The highest BCUT2D eigenvalue weighted by molar-refractivity contribution is 5.69. The molecule has 0 radical (unpaired) electrons. The van der Waals surface area contributed by atoms with Crippen LogP contribution in [0.5, 0.6) is 0 Å². The maximum atomic E-state index is 4.27. The number of aryl methyl sites for hydroxylation is 2. The lowest BCUT2D eigenvalue weighted by molar-refractivity contribution is 0.729. The van der Waals surface area contributed by atoms with Crippen LogP contribution in [0.2, 0.25) is 0 Å². The van der Waals surface area contributed by atoms with Gasteiger partial charge in [0.1, 0.15) is 5.52 Å². The number of nitrogens with zero attached hydrogens (tertiary/aromatic N) is 4. The molecule has 0 aliphatic carbocycles. The molecule has 2 aromatic rings. The van der Waals surface area contributed by atoms with Gasteiger partial charge >= 0.3 is 0 Å². The molecule has 0 amide bonds. The number of pyridine rings is 1. The lowest BCUT2D eigenvalue weighted by Gasteiger charge is -1.91. The summed E-state index contributed by atoms with van der Waals surface area (Å²) in [5, 5.41) is 7.75. The minimum absolute atomic E-state index is 0.838. The Morgan fingerprint density at radius 1 is 1.23 bits per heavy atom. The predicted octanol–water partition coefficient (Wildman–Crippen LogP) is 1.70. The van der Waals surface area contributed by atoms with Crippen LogP contribution in [-0.2, 0) is 7.05 Å². The molecule has 0 aromatic carbocycles. The van der Waals surface area contributed by atoms with Gasteiger partial charge in [0.05, 0.1) is 0 Å². The van der Waals surface area contributed by atoms with Gasteiger partial charge in [-0.05, 0) is 19.1 Å². The Hall–Kier alpha value is -1.45. The second-order valence-corrected chi connectivity index (χ2v) is 2.51. The lowest BCUT2D eigenvalue weighted by Crippen LogP contribution is -1.92. The summed E-state index contributed by atoms with van der Waals surface area (Å²) in [5.74, 6) is 0. The highest BCUT2D eigenvalue weighted by Crippen LogP contribution is 2.06. The van der Waals surface area contributed by atoms with Gasteiger partial charge in [0, 0.05) is 12.7 Å². The maximum Gasteiger partial charge on any atom is 0.178 e. The van der Waals surface area contributed by atoms with Crippen molar-refractivity contribution in [1.29, 1.82) is 0 Å². The fourth-order valence-electron chi connectivity index (χ4n) is 1.01. The zero-order valence-electron chi connectivity index (χ0n) is 8.44. The molecule has 70 valence electrons. The molecule has 0 bridgehead atoms. The second kappa shape index (κ2) is 3.98. The van der Waals surface area contributed by atoms with E-state index in [-0.39, 0.29) is 0 Å².